The van der Waals surface area contributed by atoms with E-state index in [1.807, 2.05) is 0 Å². The van der Waals surface area contributed by atoms with Crippen LogP contribution in [0.15, 0.2) is 42.0 Å². The van der Waals surface area contributed by atoms with Crippen molar-refractivity contribution < 1.29 is 0 Å². The summed E-state index contributed by atoms with van der Waals surface area (Å²) in [6.07, 6.45) is 5.91. The first-order chi connectivity index (χ1) is 6.93. The quantitative estimate of drug-likeness (QED) is 0.577. The maximum absolute atomic E-state index is 2.37. The van der Waals surface area contributed by atoms with Crippen LogP contribution in [0.5, 0.6) is 0 Å². The first-order valence-electron chi connectivity index (χ1n) is 5.08. The normalized spacial score (nSPS) is 31.1. The van der Waals surface area contributed by atoms with Gasteiger partial charge >= 0.3 is 0 Å². The van der Waals surface area contributed by atoms with Crippen molar-refractivity contribution in [1.29, 1.82) is 0 Å². The summed E-state index contributed by atoms with van der Waals surface area (Å²) >= 11 is 2.10. The van der Waals surface area contributed by atoms with Crippen molar-refractivity contribution in [2.75, 3.05) is 0 Å². The van der Waals surface area contributed by atoms with E-state index in [1.54, 1.807) is 5.57 Å². The van der Waals surface area contributed by atoms with E-state index in [0.29, 0.717) is 0 Å². The van der Waals surface area contributed by atoms with Crippen LogP contribution in [0.2, 0.25) is 0 Å². The van der Waals surface area contributed by atoms with Gasteiger partial charge in [-0.15, -0.1) is 11.8 Å². The van der Waals surface area contributed by atoms with E-state index >= 15 is 0 Å². The zero-order valence-corrected chi connectivity index (χ0v) is 8.55. The van der Waals surface area contributed by atoms with E-state index in [4.69, 9.17) is 0 Å². The van der Waals surface area contributed by atoms with Crippen LogP contribution in [0.4, 0.5) is 0 Å². The van der Waals surface area contributed by atoms with E-state index in [9.17, 15) is 0 Å². The van der Waals surface area contributed by atoms with Gasteiger partial charge < -0.3 is 0 Å². The lowest BCUT2D eigenvalue weighted by molar-refractivity contribution is 1.06. The van der Waals surface area contributed by atoms with Crippen LogP contribution < -0.4 is 0 Å². The van der Waals surface area contributed by atoms with Gasteiger partial charge in [0.05, 0.1) is 0 Å². The van der Waals surface area contributed by atoms with Crippen LogP contribution in [-0.4, -0.2) is 10.5 Å². The van der Waals surface area contributed by atoms with Gasteiger partial charge in [-0.3, -0.25) is 0 Å². The molecule has 0 nitrogen and oxygen atoms in total. The highest BCUT2D eigenvalue weighted by molar-refractivity contribution is 8.08. The Labute approximate surface area is 87.7 Å². The van der Waals surface area contributed by atoms with Gasteiger partial charge in [0.1, 0.15) is 0 Å². The number of benzene rings is 1. The third kappa shape index (κ3) is 0.813. The lowest BCUT2D eigenvalue weighted by Gasteiger charge is -2.05. The highest BCUT2D eigenvalue weighted by atomic mass is 32.2. The van der Waals surface area contributed by atoms with Crippen LogP contribution in [0.3, 0.4) is 0 Å². The van der Waals surface area contributed by atoms with Crippen LogP contribution >= 0.6 is 11.8 Å². The number of hydrogen-bond acceptors (Lipinski definition) is 1. The average molecular weight is 198 g/mol. The second-order valence-corrected chi connectivity index (χ2v) is 5.48. The van der Waals surface area contributed by atoms with Crippen LogP contribution in [-0.2, 0) is 6.42 Å². The number of rotatable bonds is 0. The molecule has 0 aromatic heterocycles. The molecule has 0 radical (unpaired) electrons. The molecule has 68 valence electrons. The Balaban J connectivity index is 1.94. The number of fused-ring (bicyclic) bond motifs is 4. The fourth-order valence-electron chi connectivity index (χ4n) is 2.60. The SMILES string of the molecule is C1=CC2SC2C2=C1c1ccccc1C2. The third-order valence-electron chi connectivity index (χ3n) is 3.36. The maximum Gasteiger partial charge on any atom is 0.0429 e. The summed E-state index contributed by atoms with van der Waals surface area (Å²) in [6, 6.07) is 8.83. The molecule has 0 saturated carbocycles. The lowest BCUT2D eigenvalue weighted by Crippen LogP contribution is -2.00. The highest BCUT2D eigenvalue weighted by Crippen LogP contribution is 2.55. The molecule has 1 heteroatoms. The minimum Gasteiger partial charge on any atom is -0.143 e. The zero-order chi connectivity index (χ0) is 9.12. The fraction of sp³-hybridized carbons (Fsp3) is 0.231. The molecule has 0 bridgehead atoms. The van der Waals surface area contributed by atoms with E-state index in [2.05, 4.69) is 48.2 Å². The zero-order valence-electron chi connectivity index (χ0n) is 7.73. The molecule has 2 unspecified atom stereocenters. The molecule has 1 aromatic rings. The molecule has 0 amide bonds. The molecule has 1 fully saturated rings. The topological polar surface area (TPSA) is 0 Å². The fourth-order valence-corrected chi connectivity index (χ4v) is 3.65. The van der Waals surface area contributed by atoms with Crippen molar-refractivity contribution >= 4 is 17.3 Å². The molecule has 4 rings (SSSR count). The van der Waals surface area contributed by atoms with E-state index in [0.717, 1.165) is 10.5 Å². The van der Waals surface area contributed by atoms with Crippen molar-refractivity contribution in [2.45, 2.75) is 16.9 Å². The van der Waals surface area contributed by atoms with E-state index in [1.165, 1.54) is 23.1 Å². The molecular formula is C13H10S. The van der Waals surface area contributed by atoms with Crippen LogP contribution in [0, 0.1) is 0 Å². The predicted octanol–water partition coefficient (Wildman–Crippen LogP) is 3.05. The van der Waals surface area contributed by atoms with E-state index in [-0.39, 0.29) is 0 Å². The Hall–Kier alpha value is -0.950. The van der Waals surface area contributed by atoms with Crippen molar-refractivity contribution in [2.24, 2.45) is 0 Å². The molecular weight excluding hydrogens is 188 g/mol. The molecule has 1 aliphatic heterocycles. The monoisotopic (exact) mass is 198 g/mol. The van der Waals surface area contributed by atoms with Crippen molar-refractivity contribution in [3.63, 3.8) is 0 Å². The Morgan fingerprint density at radius 1 is 1.21 bits per heavy atom. The number of hydrogen-bond donors (Lipinski definition) is 0. The van der Waals surface area contributed by atoms with Crippen molar-refractivity contribution in [3.8, 4) is 0 Å². The van der Waals surface area contributed by atoms with Gasteiger partial charge in [0, 0.05) is 10.5 Å². The Morgan fingerprint density at radius 3 is 3.14 bits per heavy atom. The third-order valence-corrected chi connectivity index (χ3v) is 4.66. The molecule has 1 heterocycles. The molecule has 1 aromatic carbocycles. The second-order valence-electron chi connectivity index (χ2n) is 4.15. The Morgan fingerprint density at radius 2 is 2.14 bits per heavy atom. The summed E-state index contributed by atoms with van der Waals surface area (Å²) in [5.74, 6) is 0. The first kappa shape index (κ1) is 7.36. The van der Waals surface area contributed by atoms with Gasteiger partial charge in [-0.1, -0.05) is 36.4 Å². The van der Waals surface area contributed by atoms with Gasteiger partial charge in [0.2, 0.25) is 0 Å². The first-order valence-corrected chi connectivity index (χ1v) is 6.03. The lowest BCUT2D eigenvalue weighted by atomic mass is 9.98. The van der Waals surface area contributed by atoms with E-state index < -0.39 is 0 Å². The second kappa shape index (κ2) is 2.34. The minimum absolute atomic E-state index is 0.808. The summed E-state index contributed by atoms with van der Waals surface area (Å²) in [5.41, 5.74) is 6.20. The molecule has 2 aliphatic carbocycles. The van der Waals surface area contributed by atoms with Gasteiger partial charge in [0.15, 0.2) is 0 Å². The molecule has 3 aliphatic rings. The standard InChI is InChI=1S/C13H10S/c1-2-4-9-8(3-1)7-11-10(9)5-6-12-13(11)14-12/h1-6,12-13H,7H2. The summed E-state index contributed by atoms with van der Waals surface area (Å²) in [7, 11) is 0. The van der Waals surface area contributed by atoms with Crippen LogP contribution in [0.1, 0.15) is 11.1 Å². The largest absolute Gasteiger partial charge is 0.143 e. The maximum atomic E-state index is 2.37. The highest BCUT2D eigenvalue weighted by Gasteiger charge is 2.44. The number of allylic oxidation sites excluding steroid dienone is 2. The Bertz CT molecular complexity index is 482. The van der Waals surface area contributed by atoms with Gasteiger partial charge in [-0.2, -0.15) is 0 Å². The summed E-state index contributed by atoms with van der Waals surface area (Å²) in [4.78, 5) is 0. The van der Waals surface area contributed by atoms with Gasteiger partial charge in [-0.25, -0.2) is 0 Å². The van der Waals surface area contributed by atoms with Gasteiger partial charge in [0.25, 0.3) is 0 Å². The average Bonchev–Trinajstić information content (AvgIpc) is 2.92. The number of thioether (sulfide) groups is 1. The Kier molecular flexibility index (Phi) is 1.23. The molecule has 0 N–H and O–H groups in total. The predicted molar refractivity (Wildman–Crippen MR) is 61.4 cm³/mol. The minimum atomic E-state index is 0.808. The summed E-state index contributed by atoms with van der Waals surface area (Å²) in [6.45, 7) is 0. The molecule has 14 heavy (non-hydrogen) atoms. The summed E-state index contributed by atoms with van der Waals surface area (Å²) in [5, 5.41) is 1.63. The van der Waals surface area contributed by atoms with Crippen LogP contribution in [0.25, 0.3) is 5.57 Å². The van der Waals surface area contributed by atoms with Crippen molar-refractivity contribution in [1.82, 2.24) is 0 Å². The summed E-state index contributed by atoms with van der Waals surface area (Å²) < 4.78 is 0. The molecule has 0 spiro atoms. The molecule has 2 atom stereocenters. The van der Waals surface area contributed by atoms with Crippen molar-refractivity contribution in [3.05, 3.63) is 53.1 Å². The van der Waals surface area contributed by atoms with Gasteiger partial charge in [-0.05, 0) is 28.7 Å². The molecule has 1 saturated heterocycles. The smallest absolute Gasteiger partial charge is 0.0429 e.